The number of hydrogen-bond donors (Lipinski definition) is 0. The number of ether oxygens (including phenoxy) is 1. The van der Waals surface area contributed by atoms with Gasteiger partial charge in [-0.15, -0.1) is 0 Å². The molecule has 1 amide bonds. The first kappa shape index (κ1) is 20.8. The summed E-state index contributed by atoms with van der Waals surface area (Å²) in [6.07, 6.45) is 0.862. The summed E-state index contributed by atoms with van der Waals surface area (Å²) in [5.74, 6) is 0.786. The van der Waals surface area contributed by atoms with Crippen LogP contribution in [0.3, 0.4) is 0 Å². The fourth-order valence-corrected chi connectivity index (χ4v) is 3.49. The Labute approximate surface area is 160 Å². The van der Waals surface area contributed by atoms with Crippen LogP contribution in [0.4, 0.5) is 0 Å². The molecule has 0 N–H and O–H groups in total. The lowest BCUT2D eigenvalue weighted by atomic mass is 10.1. The highest BCUT2D eigenvalue weighted by Gasteiger charge is 2.18. The monoisotopic (exact) mass is 391 g/mol. The number of carbonyl (C=O) groups excluding carboxylic acids is 1. The minimum atomic E-state index is -3.93. The number of amides is 1. The number of carbonyl (C=O) groups is 1. The van der Waals surface area contributed by atoms with Gasteiger partial charge in [-0.25, -0.2) is 0 Å². The third kappa shape index (κ3) is 5.47. The van der Waals surface area contributed by atoms with Gasteiger partial charge in [0.15, 0.2) is 0 Å². The molecule has 2 aromatic rings. The van der Waals surface area contributed by atoms with Gasteiger partial charge in [0.1, 0.15) is 16.4 Å². The van der Waals surface area contributed by atoms with Crippen molar-refractivity contribution in [3.63, 3.8) is 0 Å². The van der Waals surface area contributed by atoms with Gasteiger partial charge in [-0.05, 0) is 55.3 Å². The molecule has 1 atom stereocenters. The second-order valence-corrected chi connectivity index (χ2v) is 7.81. The molecule has 2 aromatic carbocycles. The fraction of sp³-hybridized carbons (Fsp3) is 0.350. The van der Waals surface area contributed by atoms with Crippen LogP contribution in [0, 0.1) is 0 Å². The second kappa shape index (κ2) is 8.90. The number of hydrogen-bond acceptors (Lipinski definition) is 5. The van der Waals surface area contributed by atoms with Crippen LogP contribution in [0.2, 0.25) is 0 Å². The fourth-order valence-electron chi connectivity index (χ4n) is 2.56. The van der Waals surface area contributed by atoms with Crippen LogP contribution >= 0.6 is 0 Å². The molecule has 0 fully saturated rings. The number of rotatable bonds is 8. The van der Waals surface area contributed by atoms with Gasteiger partial charge < -0.3 is 13.8 Å². The van der Waals surface area contributed by atoms with Gasteiger partial charge in [-0.2, -0.15) is 8.42 Å². The molecular formula is C20H25NO5S. The van der Waals surface area contributed by atoms with E-state index in [0.717, 1.165) is 12.0 Å². The van der Waals surface area contributed by atoms with Crippen LogP contribution in [0.15, 0.2) is 53.4 Å². The molecular weight excluding hydrogens is 366 g/mol. The molecule has 0 aliphatic rings. The Morgan fingerprint density at radius 3 is 2.07 bits per heavy atom. The maximum atomic E-state index is 12.4. The average molecular weight is 391 g/mol. The van der Waals surface area contributed by atoms with Crippen LogP contribution in [-0.2, 0) is 21.5 Å². The average Bonchev–Trinajstić information content (AvgIpc) is 2.66. The van der Waals surface area contributed by atoms with Crippen molar-refractivity contribution in [2.45, 2.75) is 44.7 Å². The minimum Gasteiger partial charge on any atom is -0.497 e. The largest absolute Gasteiger partial charge is 0.497 e. The smallest absolute Gasteiger partial charge is 0.339 e. The lowest BCUT2D eigenvalue weighted by Crippen LogP contribution is -2.36. The molecule has 0 unspecified atom stereocenters. The number of benzene rings is 2. The highest BCUT2D eigenvalue weighted by Crippen LogP contribution is 2.22. The molecule has 0 aromatic heterocycles. The summed E-state index contributed by atoms with van der Waals surface area (Å²) in [6.45, 7) is 6.04. The van der Waals surface area contributed by atoms with Crippen molar-refractivity contribution in [3.8, 4) is 11.5 Å². The van der Waals surface area contributed by atoms with Gasteiger partial charge in [0.25, 0.3) is 0 Å². The van der Waals surface area contributed by atoms with E-state index in [9.17, 15) is 13.2 Å². The van der Waals surface area contributed by atoms with E-state index in [2.05, 4.69) is 0 Å². The number of methoxy groups -OCH3 is 1. The third-order valence-corrected chi connectivity index (χ3v) is 5.62. The highest BCUT2D eigenvalue weighted by atomic mass is 32.2. The predicted octanol–water partition coefficient (Wildman–Crippen LogP) is 3.61. The van der Waals surface area contributed by atoms with Gasteiger partial charge in [0.05, 0.1) is 7.11 Å². The summed E-state index contributed by atoms with van der Waals surface area (Å²) in [4.78, 5) is 13.6. The number of nitrogens with zero attached hydrogens (tertiary/aromatic N) is 1. The Morgan fingerprint density at radius 2 is 1.59 bits per heavy atom. The predicted molar refractivity (Wildman–Crippen MR) is 103 cm³/mol. The molecule has 0 heterocycles. The highest BCUT2D eigenvalue weighted by molar-refractivity contribution is 7.87. The first-order chi connectivity index (χ1) is 12.8. The van der Waals surface area contributed by atoms with E-state index >= 15 is 0 Å². The van der Waals surface area contributed by atoms with Gasteiger partial charge in [-0.1, -0.05) is 19.1 Å². The third-order valence-electron chi connectivity index (χ3n) is 4.36. The normalized spacial score (nSPS) is 12.3. The van der Waals surface area contributed by atoms with Crippen molar-refractivity contribution in [1.82, 2.24) is 4.90 Å². The molecule has 0 spiro atoms. The Balaban J connectivity index is 2.11. The van der Waals surface area contributed by atoms with Gasteiger partial charge in [-0.3, -0.25) is 4.79 Å². The van der Waals surface area contributed by atoms with Crippen molar-refractivity contribution in [2.24, 2.45) is 0 Å². The summed E-state index contributed by atoms with van der Waals surface area (Å²) in [6, 6.07) is 12.8. The van der Waals surface area contributed by atoms with E-state index in [0.29, 0.717) is 12.3 Å². The van der Waals surface area contributed by atoms with E-state index < -0.39 is 10.1 Å². The van der Waals surface area contributed by atoms with Crippen LogP contribution in [-0.4, -0.2) is 32.4 Å². The van der Waals surface area contributed by atoms with Crippen molar-refractivity contribution >= 4 is 16.0 Å². The maximum Gasteiger partial charge on any atom is 0.339 e. The minimum absolute atomic E-state index is 0.00626. The first-order valence-electron chi connectivity index (χ1n) is 8.71. The van der Waals surface area contributed by atoms with Crippen molar-refractivity contribution in [2.75, 3.05) is 7.11 Å². The molecule has 0 bridgehead atoms. The zero-order valence-corrected chi connectivity index (χ0v) is 16.8. The second-order valence-electron chi connectivity index (χ2n) is 6.26. The lowest BCUT2D eigenvalue weighted by molar-refractivity contribution is -0.131. The van der Waals surface area contributed by atoms with Crippen molar-refractivity contribution < 1.29 is 22.1 Å². The summed E-state index contributed by atoms with van der Waals surface area (Å²) in [5.41, 5.74) is 0.902. The Bertz CT molecular complexity index is 860. The molecule has 6 nitrogen and oxygen atoms in total. The Kier molecular flexibility index (Phi) is 6.85. The molecule has 2 rings (SSSR count). The van der Waals surface area contributed by atoms with Crippen LogP contribution in [0.5, 0.6) is 11.5 Å². The molecule has 0 aliphatic carbocycles. The molecule has 7 heteroatoms. The molecule has 146 valence electrons. The standard InChI is InChI=1S/C20H25NO5S/c1-5-15(2)21(16(3)22)14-17-6-8-19(9-7-17)26-27(23,24)20-12-10-18(25-4)11-13-20/h6-13,15H,5,14H2,1-4H3/t15-/m0/s1. The van der Waals surface area contributed by atoms with Crippen molar-refractivity contribution in [3.05, 3.63) is 54.1 Å². The first-order valence-corrected chi connectivity index (χ1v) is 10.1. The van der Waals surface area contributed by atoms with Gasteiger partial charge in [0.2, 0.25) is 5.91 Å². The summed E-state index contributed by atoms with van der Waals surface area (Å²) in [7, 11) is -2.42. The maximum absolute atomic E-state index is 12.4. The van der Waals surface area contributed by atoms with Gasteiger partial charge >= 0.3 is 10.1 Å². The zero-order valence-electron chi connectivity index (χ0n) is 16.0. The van der Waals surface area contributed by atoms with Crippen LogP contribution < -0.4 is 8.92 Å². The van der Waals surface area contributed by atoms with Gasteiger partial charge in [0, 0.05) is 19.5 Å². The summed E-state index contributed by atoms with van der Waals surface area (Å²) >= 11 is 0. The molecule has 0 aliphatic heterocycles. The molecule has 0 saturated heterocycles. The Morgan fingerprint density at radius 1 is 1.04 bits per heavy atom. The molecule has 0 radical (unpaired) electrons. The Hall–Kier alpha value is -2.54. The SMILES string of the molecule is CC[C@H](C)N(Cc1ccc(OS(=O)(=O)c2ccc(OC)cc2)cc1)C(C)=O. The summed E-state index contributed by atoms with van der Waals surface area (Å²) < 4.78 is 34.9. The van der Waals surface area contributed by atoms with Crippen molar-refractivity contribution in [1.29, 1.82) is 0 Å². The van der Waals surface area contributed by atoms with E-state index in [1.165, 1.54) is 19.2 Å². The summed E-state index contributed by atoms with van der Waals surface area (Å²) in [5, 5.41) is 0. The van der Waals surface area contributed by atoms with E-state index in [1.807, 2.05) is 13.8 Å². The topological polar surface area (TPSA) is 72.9 Å². The lowest BCUT2D eigenvalue weighted by Gasteiger charge is -2.27. The van der Waals surface area contributed by atoms with E-state index in [1.54, 1.807) is 48.2 Å². The quantitative estimate of drug-likeness (QED) is 0.643. The van der Waals surface area contributed by atoms with E-state index in [4.69, 9.17) is 8.92 Å². The molecule has 0 saturated carbocycles. The van der Waals surface area contributed by atoms with Crippen LogP contribution in [0.1, 0.15) is 32.8 Å². The van der Waals surface area contributed by atoms with Crippen LogP contribution in [0.25, 0.3) is 0 Å². The molecule has 27 heavy (non-hydrogen) atoms. The zero-order chi connectivity index (χ0) is 20.0. The van der Waals surface area contributed by atoms with E-state index in [-0.39, 0.29) is 22.6 Å².